The maximum absolute atomic E-state index is 2.37. The third kappa shape index (κ3) is 3.72. The van der Waals surface area contributed by atoms with Crippen LogP contribution in [0.25, 0.3) is 0 Å². The van der Waals surface area contributed by atoms with Crippen molar-refractivity contribution in [3.8, 4) is 0 Å². The van der Waals surface area contributed by atoms with Gasteiger partial charge in [-0.25, -0.2) is 0 Å². The van der Waals surface area contributed by atoms with E-state index in [1.165, 1.54) is 22.3 Å². The molecule has 0 saturated carbocycles. The molecular weight excluding hydrogens is 240 g/mol. The van der Waals surface area contributed by atoms with Crippen LogP contribution in [0.2, 0.25) is 0 Å². The highest BCUT2D eigenvalue weighted by Gasteiger charge is 2.19. The van der Waals surface area contributed by atoms with Gasteiger partial charge in [-0.05, 0) is 25.0 Å². The first-order valence-electron chi connectivity index (χ1n) is 7.38. The third-order valence-electron chi connectivity index (χ3n) is 3.64. The lowest BCUT2D eigenvalue weighted by Gasteiger charge is -2.19. The van der Waals surface area contributed by atoms with E-state index in [1.807, 2.05) is 0 Å². The SMILES string of the molecule is CC1=CC(C)(C)C=C(C2=CC(C)(C)C=C(C)C=C2)C=C1. The lowest BCUT2D eigenvalue weighted by atomic mass is 9.85. The average Bonchev–Trinajstić information content (AvgIpc) is 2.49. The summed E-state index contributed by atoms with van der Waals surface area (Å²) in [6.07, 6.45) is 18.3. The fraction of sp³-hybridized carbons (Fsp3) is 0.400. The molecule has 2 aliphatic rings. The fourth-order valence-corrected chi connectivity index (χ4v) is 3.05. The van der Waals surface area contributed by atoms with E-state index in [9.17, 15) is 0 Å². The summed E-state index contributed by atoms with van der Waals surface area (Å²) in [4.78, 5) is 0. The van der Waals surface area contributed by atoms with E-state index in [0.717, 1.165) is 0 Å². The molecule has 0 heteroatoms. The second-order valence-corrected chi connectivity index (χ2v) is 7.29. The third-order valence-corrected chi connectivity index (χ3v) is 3.64. The van der Waals surface area contributed by atoms with Crippen LogP contribution in [-0.4, -0.2) is 0 Å². The first-order chi connectivity index (χ1) is 9.17. The zero-order valence-corrected chi connectivity index (χ0v) is 13.6. The molecular formula is C20H26. The number of allylic oxidation sites excluding steroid dienone is 12. The van der Waals surface area contributed by atoms with Crippen molar-refractivity contribution in [1.29, 1.82) is 0 Å². The minimum Gasteiger partial charge on any atom is -0.0721 e. The van der Waals surface area contributed by atoms with E-state index in [0.29, 0.717) is 0 Å². The van der Waals surface area contributed by atoms with Crippen molar-refractivity contribution in [3.05, 3.63) is 70.9 Å². The molecule has 0 bridgehead atoms. The normalized spacial score (nSPS) is 24.1. The largest absolute Gasteiger partial charge is 0.0721 e. The summed E-state index contributed by atoms with van der Waals surface area (Å²) in [5.74, 6) is 0. The molecule has 0 radical (unpaired) electrons. The van der Waals surface area contributed by atoms with E-state index in [2.05, 4.69) is 90.2 Å². The second kappa shape index (κ2) is 5.09. The highest BCUT2D eigenvalue weighted by molar-refractivity contribution is 5.53. The van der Waals surface area contributed by atoms with Gasteiger partial charge in [0.25, 0.3) is 0 Å². The quantitative estimate of drug-likeness (QED) is 0.552. The molecule has 0 aromatic carbocycles. The van der Waals surface area contributed by atoms with E-state index in [1.54, 1.807) is 0 Å². The van der Waals surface area contributed by atoms with Crippen LogP contribution >= 0.6 is 0 Å². The van der Waals surface area contributed by atoms with Gasteiger partial charge in [0.1, 0.15) is 0 Å². The average molecular weight is 266 g/mol. The van der Waals surface area contributed by atoms with Crippen molar-refractivity contribution in [1.82, 2.24) is 0 Å². The monoisotopic (exact) mass is 266 g/mol. The van der Waals surface area contributed by atoms with Crippen LogP contribution in [0.4, 0.5) is 0 Å². The van der Waals surface area contributed by atoms with Crippen molar-refractivity contribution in [2.24, 2.45) is 10.8 Å². The van der Waals surface area contributed by atoms with Crippen LogP contribution in [-0.2, 0) is 0 Å². The maximum atomic E-state index is 2.37. The van der Waals surface area contributed by atoms with Crippen molar-refractivity contribution in [3.63, 3.8) is 0 Å². The number of hydrogen-bond donors (Lipinski definition) is 0. The van der Waals surface area contributed by atoms with Gasteiger partial charge < -0.3 is 0 Å². The molecule has 0 aromatic rings. The molecule has 0 N–H and O–H groups in total. The summed E-state index contributed by atoms with van der Waals surface area (Å²) in [5, 5.41) is 0. The molecule has 0 heterocycles. The van der Waals surface area contributed by atoms with Gasteiger partial charge in [0, 0.05) is 10.8 Å². The molecule has 0 fully saturated rings. The Morgan fingerprint density at radius 2 is 0.900 bits per heavy atom. The molecule has 0 aromatic heterocycles. The van der Waals surface area contributed by atoms with Gasteiger partial charge in [0.2, 0.25) is 0 Å². The van der Waals surface area contributed by atoms with Gasteiger partial charge in [0.05, 0.1) is 0 Å². The van der Waals surface area contributed by atoms with Crippen LogP contribution in [0.5, 0.6) is 0 Å². The minimum absolute atomic E-state index is 0.0938. The predicted molar refractivity (Wildman–Crippen MR) is 89.5 cm³/mol. The summed E-state index contributed by atoms with van der Waals surface area (Å²) < 4.78 is 0. The van der Waals surface area contributed by atoms with E-state index in [4.69, 9.17) is 0 Å². The Bertz CT molecular complexity index is 528. The van der Waals surface area contributed by atoms with Crippen molar-refractivity contribution in [2.45, 2.75) is 41.5 Å². The van der Waals surface area contributed by atoms with Gasteiger partial charge >= 0.3 is 0 Å². The van der Waals surface area contributed by atoms with E-state index >= 15 is 0 Å². The summed E-state index contributed by atoms with van der Waals surface area (Å²) in [5.41, 5.74) is 5.47. The molecule has 0 atom stereocenters. The summed E-state index contributed by atoms with van der Waals surface area (Å²) in [7, 11) is 0. The van der Waals surface area contributed by atoms with Crippen molar-refractivity contribution >= 4 is 0 Å². The van der Waals surface area contributed by atoms with Gasteiger partial charge in [0.15, 0.2) is 0 Å². The topological polar surface area (TPSA) is 0 Å². The molecule has 0 unspecified atom stereocenters. The highest BCUT2D eigenvalue weighted by Crippen LogP contribution is 2.34. The molecule has 0 nitrogen and oxygen atoms in total. The van der Waals surface area contributed by atoms with Crippen LogP contribution in [0.1, 0.15) is 41.5 Å². The summed E-state index contributed by atoms with van der Waals surface area (Å²) in [6.45, 7) is 13.4. The van der Waals surface area contributed by atoms with Crippen LogP contribution in [0.3, 0.4) is 0 Å². The molecule has 0 amide bonds. The number of rotatable bonds is 1. The van der Waals surface area contributed by atoms with Crippen LogP contribution < -0.4 is 0 Å². The lowest BCUT2D eigenvalue weighted by Crippen LogP contribution is -2.06. The lowest BCUT2D eigenvalue weighted by molar-refractivity contribution is 0.614. The molecule has 0 spiro atoms. The second-order valence-electron chi connectivity index (χ2n) is 7.29. The molecule has 2 aliphatic carbocycles. The maximum Gasteiger partial charge on any atom is 0.00193 e. The number of hydrogen-bond acceptors (Lipinski definition) is 0. The smallest absolute Gasteiger partial charge is 0.00193 e. The first-order valence-corrected chi connectivity index (χ1v) is 7.38. The van der Waals surface area contributed by atoms with Gasteiger partial charge in [-0.15, -0.1) is 0 Å². The molecule has 0 aliphatic heterocycles. The van der Waals surface area contributed by atoms with E-state index in [-0.39, 0.29) is 10.8 Å². The minimum atomic E-state index is 0.0938. The Morgan fingerprint density at radius 1 is 0.550 bits per heavy atom. The first kappa shape index (κ1) is 14.8. The molecule has 2 rings (SSSR count). The fourth-order valence-electron chi connectivity index (χ4n) is 3.05. The van der Waals surface area contributed by atoms with E-state index < -0.39 is 0 Å². The Morgan fingerprint density at radius 3 is 1.25 bits per heavy atom. The molecule has 0 saturated heterocycles. The van der Waals surface area contributed by atoms with Gasteiger partial charge in [-0.1, -0.05) is 87.4 Å². The Kier molecular flexibility index (Phi) is 3.77. The van der Waals surface area contributed by atoms with Crippen molar-refractivity contribution in [2.75, 3.05) is 0 Å². The van der Waals surface area contributed by atoms with Gasteiger partial charge in [-0.3, -0.25) is 0 Å². The Balaban J connectivity index is 2.47. The van der Waals surface area contributed by atoms with Crippen LogP contribution in [0, 0.1) is 10.8 Å². The Labute approximate surface area is 124 Å². The van der Waals surface area contributed by atoms with Gasteiger partial charge in [-0.2, -0.15) is 0 Å². The van der Waals surface area contributed by atoms with Crippen LogP contribution in [0.15, 0.2) is 70.9 Å². The predicted octanol–water partition coefficient (Wildman–Crippen LogP) is 5.92. The zero-order valence-electron chi connectivity index (χ0n) is 13.6. The summed E-state index contributed by atoms with van der Waals surface area (Å²) in [6, 6.07) is 0. The summed E-state index contributed by atoms with van der Waals surface area (Å²) >= 11 is 0. The Hall–Kier alpha value is -1.56. The zero-order chi connectivity index (χ0) is 15.0. The standard InChI is InChI=1S/C20H26/c1-15-7-9-17(13-19(3,4)11-15)18-10-8-16(2)12-20(5,6)14-18/h7-14H,1-6H3. The highest BCUT2D eigenvalue weighted by atomic mass is 14.2. The van der Waals surface area contributed by atoms with Crippen molar-refractivity contribution < 1.29 is 0 Å². The molecule has 20 heavy (non-hydrogen) atoms. The molecule has 106 valence electrons.